The Balaban J connectivity index is 2.35. The fourth-order valence-electron chi connectivity index (χ4n) is 1.51. The van der Waals surface area contributed by atoms with Gasteiger partial charge in [0.05, 0.1) is 6.61 Å². The molecule has 0 amide bonds. The number of aliphatic hydroxyl groups excluding tert-OH is 3. The normalized spacial score (nSPS) is 28.6. The summed E-state index contributed by atoms with van der Waals surface area (Å²) in [5.74, 6) is 0. The number of aromatic nitrogens is 2. The fraction of sp³-hybridized carbons (Fsp3) is 0.500. The lowest BCUT2D eigenvalue weighted by Gasteiger charge is -2.19. The van der Waals surface area contributed by atoms with E-state index in [2.05, 4.69) is 4.98 Å². The highest BCUT2D eigenvalue weighted by atomic mass is 16.7. The number of hydroxylamine groups is 1. The van der Waals surface area contributed by atoms with Gasteiger partial charge in [0.15, 0.2) is 6.23 Å². The van der Waals surface area contributed by atoms with Crippen LogP contribution < -0.4 is 16.3 Å². The van der Waals surface area contributed by atoms with E-state index >= 15 is 0 Å². The van der Waals surface area contributed by atoms with Crippen LogP contribution in [0.4, 0.5) is 5.69 Å². The van der Waals surface area contributed by atoms with Crippen molar-refractivity contribution < 1.29 is 20.2 Å². The van der Waals surface area contributed by atoms with Gasteiger partial charge in [0.2, 0.25) is 0 Å². The number of nitrogens with one attached hydrogen (secondary N) is 2. The number of H-pyrrole nitrogens is 2. The SMILES string of the molecule is O=c1[nH]cc(N2O[C@H](CO)[C@@H](O)[C@H]2O)c(=O)[nH]1. The van der Waals surface area contributed by atoms with Gasteiger partial charge >= 0.3 is 5.69 Å². The van der Waals surface area contributed by atoms with Crippen molar-refractivity contribution in [1.82, 2.24) is 9.97 Å². The number of rotatable bonds is 2. The second-order valence-electron chi connectivity index (χ2n) is 3.51. The first-order chi connectivity index (χ1) is 8.04. The molecular weight excluding hydrogens is 234 g/mol. The minimum absolute atomic E-state index is 0.174. The van der Waals surface area contributed by atoms with Crippen LogP contribution in [0.25, 0.3) is 0 Å². The molecule has 0 unspecified atom stereocenters. The summed E-state index contributed by atoms with van der Waals surface area (Å²) < 4.78 is 0. The molecule has 0 radical (unpaired) electrons. The Bertz CT molecular complexity index is 510. The van der Waals surface area contributed by atoms with E-state index < -0.39 is 36.3 Å². The van der Waals surface area contributed by atoms with Gasteiger partial charge in [-0.3, -0.25) is 14.6 Å². The number of hydrogen-bond donors (Lipinski definition) is 5. The summed E-state index contributed by atoms with van der Waals surface area (Å²) in [6.45, 7) is -0.518. The van der Waals surface area contributed by atoms with Crippen LogP contribution >= 0.6 is 0 Å². The highest BCUT2D eigenvalue weighted by Gasteiger charge is 2.42. The summed E-state index contributed by atoms with van der Waals surface area (Å²) in [6, 6.07) is 0. The van der Waals surface area contributed by atoms with Gasteiger partial charge in [-0.25, -0.2) is 9.86 Å². The summed E-state index contributed by atoms with van der Waals surface area (Å²) >= 11 is 0. The zero-order valence-corrected chi connectivity index (χ0v) is 8.53. The van der Waals surface area contributed by atoms with Crippen molar-refractivity contribution in [2.45, 2.75) is 18.4 Å². The third kappa shape index (κ3) is 1.96. The maximum atomic E-state index is 11.4. The van der Waals surface area contributed by atoms with Gasteiger partial charge < -0.3 is 20.3 Å². The summed E-state index contributed by atoms with van der Waals surface area (Å²) in [4.78, 5) is 31.3. The lowest BCUT2D eigenvalue weighted by atomic mass is 10.2. The number of nitrogens with zero attached hydrogens (tertiary/aromatic N) is 1. The fourth-order valence-corrected chi connectivity index (χ4v) is 1.51. The molecule has 9 heteroatoms. The molecule has 0 spiro atoms. The molecule has 17 heavy (non-hydrogen) atoms. The molecule has 2 rings (SSSR count). The van der Waals surface area contributed by atoms with Crippen LogP contribution in [-0.2, 0) is 4.84 Å². The summed E-state index contributed by atoms with van der Waals surface area (Å²) in [5, 5.41) is 28.7. The second-order valence-corrected chi connectivity index (χ2v) is 3.51. The molecule has 5 N–H and O–H groups in total. The van der Waals surface area contributed by atoms with Crippen LogP contribution in [0, 0.1) is 0 Å². The van der Waals surface area contributed by atoms with E-state index in [9.17, 15) is 19.8 Å². The van der Waals surface area contributed by atoms with Crippen LogP contribution in [-0.4, -0.2) is 50.3 Å². The smallest absolute Gasteiger partial charge is 0.325 e. The van der Waals surface area contributed by atoms with Crippen LogP contribution in [0.15, 0.2) is 15.8 Å². The van der Waals surface area contributed by atoms with Crippen LogP contribution in [0.5, 0.6) is 0 Å². The first-order valence-corrected chi connectivity index (χ1v) is 4.79. The van der Waals surface area contributed by atoms with Crippen molar-refractivity contribution in [2.24, 2.45) is 0 Å². The highest BCUT2D eigenvalue weighted by molar-refractivity contribution is 5.40. The molecule has 1 aliphatic heterocycles. The third-order valence-corrected chi connectivity index (χ3v) is 2.39. The first-order valence-electron chi connectivity index (χ1n) is 4.79. The van der Waals surface area contributed by atoms with Gasteiger partial charge in [0, 0.05) is 6.20 Å². The second kappa shape index (κ2) is 4.30. The zero-order chi connectivity index (χ0) is 12.6. The van der Waals surface area contributed by atoms with Crippen molar-refractivity contribution in [3.63, 3.8) is 0 Å². The summed E-state index contributed by atoms with van der Waals surface area (Å²) in [6.07, 6.45) is -2.85. The molecule has 1 aromatic rings. The van der Waals surface area contributed by atoms with Gasteiger partial charge in [-0.05, 0) is 0 Å². The standard InChI is InChI=1S/C8H11N3O6/c12-2-4-5(13)7(15)11(17-4)3-1-9-8(16)10-6(3)14/h1,4-5,7,12-13,15H,2H2,(H2,9,10,14,16)/t4-,5-,7-/m1/s1. The monoisotopic (exact) mass is 245 g/mol. The average molecular weight is 245 g/mol. The maximum absolute atomic E-state index is 11.4. The van der Waals surface area contributed by atoms with Crippen molar-refractivity contribution in [3.8, 4) is 0 Å². The highest BCUT2D eigenvalue weighted by Crippen LogP contribution is 2.23. The minimum Gasteiger partial charge on any atom is -0.393 e. The van der Waals surface area contributed by atoms with Crippen molar-refractivity contribution in [1.29, 1.82) is 0 Å². The summed E-state index contributed by atoms with van der Waals surface area (Å²) in [7, 11) is 0. The molecular formula is C8H11N3O6. The lowest BCUT2D eigenvalue weighted by molar-refractivity contribution is -0.00910. The molecule has 0 bridgehead atoms. The Morgan fingerprint density at radius 3 is 2.65 bits per heavy atom. The van der Waals surface area contributed by atoms with Crippen LogP contribution in [0.2, 0.25) is 0 Å². The van der Waals surface area contributed by atoms with E-state index in [0.29, 0.717) is 0 Å². The molecule has 0 aliphatic carbocycles. The van der Waals surface area contributed by atoms with E-state index in [1.807, 2.05) is 4.98 Å². The van der Waals surface area contributed by atoms with Gasteiger partial charge in [0.1, 0.15) is 17.9 Å². The van der Waals surface area contributed by atoms with E-state index in [1.54, 1.807) is 0 Å². The van der Waals surface area contributed by atoms with E-state index in [0.717, 1.165) is 11.3 Å². The predicted molar refractivity (Wildman–Crippen MR) is 54.1 cm³/mol. The van der Waals surface area contributed by atoms with Crippen molar-refractivity contribution in [3.05, 3.63) is 27.0 Å². The Labute approximate surface area is 93.9 Å². The molecule has 1 aliphatic rings. The number of hydrogen-bond acceptors (Lipinski definition) is 7. The first kappa shape index (κ1) is 11.8. The number of anilines is 1. The van der Waals surface area contributed by atoms with Gasteiger partial charge in [-0.2, -0.15) is 0 Å². The molecule has 94 valence electrons. The molecule has 1 fully saturated rings. The Morgan fingerprint density at radius 1 is 1.41 bits per heavy atom. The molecule has 0 saturated carbocycles. The Morgan fingerprint density at radius 2 is 2.12 bits per heavy atom. The molecule has 2 heterocycles. The Kier molecular flexibility index (Phi) is 2.98. The molecule has 3 atom stereocenters. The zero-order valence-electron chi connectivity index (χ0n) is 8.53. The van der Waals surface area contributed by atoms with E-state index in [-0.39, 0.29) is 5.69 Å². The molecule has 1 aromatic heterocycles. The van der Waals surface area contributed by atoms with Gasteiger partial charge in [-0.1, -0.05) is 0 Å². The van der Waals surface area contributed by atoms with Crippen molar-refractivity contribution >= 4 is 5.69 Å². The van der Waals surface area contributed by atoms with E-state index in [4.69, 9.17) is 9.94 Å². The van der Waals surface area contributed by atoms with Crippen LogP contribution in [0.1, 0.15) is 0 Å². The average Bonchev–Trinajstić information content (AvgIpc) is 2.57. The predicted octanol–water partition coefficient (Wildman–Crippen LogP) is -3.15. The quantitative estimate of drug-likeness (QED) is 0.371. The van der Waals surface area contributed by atoms with E-state index in [1.165, 1.54) is 0 Å². The number of aliphatic hydroxyl groups is 3. The molecule has 1 saturated heterocycles. The number of aromatic amines is 2. The van der Waals surface area contributed by atoms with Gasteiger partial charge in [0.25, 0.3) is 5.56 Å². The van der Waals surface area contributed by atoms with Gasteiger partial charge in [-0.15, -0.1) is 0 Å². The molecule has 9 nitrogen and oxygen atoms in total. The topological polar surface area (TPSA) is 139 Å². The largest absolute Gasteiger partial charge is 0.393 e. The molecule has 0 aromatic carbocycles. The Hall–Kier alpha value is -1.68. The summed E-state index contributed by atoms with van der Waals surface area (Å²) in [5.41, 5.74) is -1.66. The van der Waals surface area contributed by atoms with Crippen LogP contribution in [0.3, 0.4) is 0 Å². The van der Waals surface area contributed by atoms with Crippen molar-refractivity contribution in [2.75, 3.05) is 11.7 Å². The lowest BCUT2D eigenvalue weighted by Crippen LogP contribution is -2.39. The third-order valence-electron chi connectivity index (χ3n) is 2.39. The minimum atomic E-state index is -1.50. The maximum Gasteiger partial charge on any atom is 0.325 e.